The molecule has 1 atom stereocenters. The molecular weight excluding hydrogens is 400 g/mol. The van der Waals surface area contributed by atoms with Crippen LogP contribution in [0.25, 0.3) is 0 Å². The van der Waals surface area contributed by atoms with Gasteiger partial charge >= 0.3 is 52.9 Å². The molecule has 10 nitrogen and oxygen atoms in total. The molecule has 0 spiro atoms. The number of carbonyl (C=O) groups excluding carboxylic acids is 2. The number of hydrogen-bond acceptors (Lipinski definition) is 7. The number of carboxylic acids is 3. The summed E-state index contributed by atoms with van der Waals surface area (Å²) >= 11 is 0. The fourth-order valence-electron chi connectivity index (χ4n) is 1.29. The zero-order chi connectivity index (χ0) is 22.5. The minimum absolute atomic E-state index is 0. The van der Waals surface area contributed by atoms with Gasteiger partial charge in [-0.2, -0.15) is 0 Å². The van der Waals surface area contributed by atoms with E-state index in [1.807, 2.05) is 0 Å². The van der Waals surface area contributed by atoms with Crippen LogP contribution in [-0.2, 0) is 33.4 Å². The summed E-state index contributed by atoms with van der Waals surface area (Å²) in [6.45, 7) is 10.8. The molecule has 0 fully saturated rings. The van der Waals surface area contributed by atoms with Crippen molar-refractivity contribution < 1.29 is 51.6 Å². The molecule has 0 aliphatic rings. The van der Waals surface area contributed by atoms with Crippen LogP contribution in [0.15, 0.2) is 24.3 Å². The topological polar surface area (TPSA) is 164 Å². The fourth-order valence-corrected chi connectivity index (χ4v) is 1.29. The Morgan fingerprint density at radius 1 is 0.862 bits per heavy atom. The van der Waals surface area contributed by atoms with E-state index < -0.39 is 35.3 Å². The molecule has 0 bridgehead atoms. The second-order valence-electron chi connectivity index (χ2n) is 6.18. The molecule has 0 radical (unpaired) electrons. The van der Waals surface area contributed by atoms with Crippen molar-refractivity contribution in [2.45, 2.75) is 40.0 Å². The Morgan fingerprint density at radius 3 is 1.55 bits per heavy atom. The quantitative estimate of drug-likeness (QED) is 0.249. The number of hydrogen-bond donors (Lipinski definition) is 3. The van der Waals surface area contributed by atoms with Crippen molar-refractivity contribution in [3.63, 3.8) is 0 Å². The Bertz CT molecular complexity index is 637. The molecule has 0 rings (SSSR count). The molecule has 1 unspecified atom stereocenters. The number of rotatable bonds is 11. The van der Waals surface area contributed by atoms with Crippen molar-refractivity contribution in [1.82, 2.24) is 0 Å². The zero-order valence-corrected chi connectivity index (χ0v) is 18.3. The minimum atomic E-state index is -1.33. The third-order valence-electron chi connectivity index (χ3n) is 3.17. The average molecular weight is 429 g/mol. The van der Waals surface area contributed by atoms with Crippen LogP contribution in [0, 0.1) is 5.41 Å². The molecule has 0 saturated carbocycles. The Balaban J connectivity index is -0.000000176. The normalized spacial score (nSPS) is 11.3. The smallest absolute Gasteiger partial charge is 1.00 e. The second kappa shape index (κ2) is 15.5. The van der Waals surface area contributed by atoms with Crippen LogP contribution in [-0.4, -0.2) is 81.4 Å². The Kier molecular flexibility index (Phi) is 16.7. The van der Waals surface area contributed by atoms with Crippen LogP contribution in [0.1, 0.15) is 42.9 Å². The molecule has 0 aliphatic heterocycles. The molecule has 0 aliphatic carbocycles. The largest absolute Gasteiger partial charge is 2.00 e. The molecule has 0 aromatic rings. The van der Waals surface area contributed by atoms with Gasteiger partial charge in [0.1, 0.15) is 12.0 Å². The van der Waals surface area contributed by atoms with Gasteiger partial charge in [-0.05, 0) is 20.8 Å². The van der Waals surface area contributed by atoms with E-state index in [1.54, 1.807) is 0 Å². The van der Waals surface area contributed by atoms with Gasteiger partial charge in [-0.1, -0.05) is 13.2 Å². The van der Waals surface area contributed by atoms with Gasteiger partial charge in [0.05, 0.1) is 19.4 Å². The summed E-state index contributed by atoms with van der Waals surface area (Å²) in [6.07, 6.45) is -0.574. The van der Waals surface area contributed by atoms with Crippen molar-refractivity contribution >= 4 is 52.9 Å². The molecule has 0 aromatic heterocycles. The van der Waals surface area contributed by atoms with Gasteiger partial charge in [-0.15, -0.1) is 0 Å². The van der Waals surface area contributed by atoms with Gasteiger partial charge in [0.2, 0.25) is 0 Å². The standard InChI is InChI=1S/C14H20O6.C4H6O4.Mg.2H/c1-9(2)11(15)19-7-6-14(5,13(17)18)8-20-12(16)10(3)4;5-3(6)1-2-4(7)8;;;/h1,3,6-8H2,2,4-5H3,(H,17,18);1-2H2,(H,5,6)(H,7,8);;;/q;;+2;2*-1. The van der Waals surface area contributed by atoms with Crippen molar-refractivity contribution in [3.05, 3.63) is 24.3 Å². The maximum absolute atomic E-state index is 11.3. The van der Waals surface area contributed by atoms with Crippen LogP contribution in [0.2, 0.25) is 0 Å². The van der Waals surface area contributed by atoms with E-state index in [2.05, 4.69) is 13.2 Å². The van der Waals surface area contributed by atoms with E-state index in [9.17, 15) is 29.1 Å². The van der Waals surface area contributed by atoms with Crippen LogP contribution >= 0.6 is 0 Å². The number of ether oxygens (including phenoxy) is 2. The van der Waals surface area contributed by atoms with E-state index in [0.29, 0.717) is 0 Å². The van der Waals surface area contributed by atoms with Crippen LogP contribution in [0.4, 0.5) is 0 Å². The third-order valence-corrected chi connectivity index (χ3v) is 3.17. The summed E-state index contributed by atoms with van der Waals surface area (Å²) in [5, 5.41) is 25.0. The van der Waals surface area contributed by atoms with E-state index >= 15 is 0 Å². The molecule has 162 valence electrons. The first-order valence-corrected chi connectivity index (χ1v) is 8.05. The van der Waals surface area contributed by atoms with Crippen molar-refractivity contribution in [3.8, 4) is 0 Å². The molecule has 11 heteroatoms. The van der Waals surface area contributed by atoms with Gasteiger partial charge in [0.25, 0.3) is 0 Å². The maximum atomic E-state index is 11.3. The number of carboxylic acid groups (broad SMARTS) is 3. The summed E-state index contributed by atoms with van der Waals surface area (Å²) in [7, 11) is 0. The first kappa shape index (κ1) is 31.3. The summed E-state index contributed by atoms with van der Waals surface area (Å²) in [4.78, 5) is 53.0. The molecule has 29 heavy (non-hydrogen) atoms. The molecule has 0 aromatic carbocycles. The monoisotopic (exact) mass is 428 g/mol. The van der Waals surface area contributed by atoms with Gasteiger partial charge in [-0.25, -0.2) is 9.59 Å². The molecule has 3 N–H and O–H groups in total. The van der Waals surface area contributed by atoms with Gasteiger partial charge < -0.3 is 27.6 Å². The van der Waals surface area contributed by atoms with Gasteiger partial charge in [0.15, 0.2) is 0 Å². The first-order chi connectivity index (χ1) is 12.7. The summed E-state index contributed by atoms with van der Waals surface area (Å²) in [5.74, 6) is -4.54. The summed E-state index contributed by atoms with van der Waals surface area (Å²) in [5.41, 5.74) is -0.914. The third kappa shape index (κ3) is 16.3. The fraction of sp³-hybridized carbons (Fsp3) is 0.500. The molecule has 0 heterocycles. The first-order valence-electron chi connectivity index (χ1n) is 8.05. The summed E-state index contributed by atoms with van der Waals surface area (Å²) in [6, 6.07) is 0. The zero-order valence-electron chi connectivity index (χ0n) is 18.9. The van der Waals surface area contributed by atoms with Gasteiger partial charge in [0, 0.05) is 17.6 Å². The Morgan fingerprint density at radius 2 is 1.24 bits per heavy atom. The predicted molar refractivity (Wildman–Crippen MR) is 104 cm³/mol. The SMILES string of the molecule is C=C(C)C(=O)OCCC(C)(COC(=O)C(=C)C)C(=O)O.O=C(O)CCC(=O)O.[H-].[H-].[Mg+2]. The van der Waals surface area contributed by atoms with E-state index in [0.717, 1.165) is 0 Å². The van der Waals surface area contributed by atoms with Crippen molar-refractivity contribution in [2.24, 2.45) is 5.41 Å². The number of carbonyl (C=O) groups is 5. The number of aliphatic carboxylic acids is 3. The minimum Gasteiger partial charge on any atom is -1.00 e. The number of esters is 2. The van der Waals surface area contributed by atoms with Crippen molar-refractivity contribution in [1.29, 1.82) is 0 Å². The van der Waals surface area contributed by atoms with Crippen molar-refractivity contribution in [2.75, 3.05) is 13.2 Å². The molecule has 0 amide bonds. The van der Waals surface area contributed by atoms with E-state index in [1.165, 1.54) is 20.8 Å². The van der Waals surface area contributed by atoms with Crippen LogP contribution < -0.4 is 0 Å². The molecule has 0 saturated heterocycles. The van der Waals surface area contributed by atoms with E-state index in [-0.39, 0.29) is 69.5 Å². The van der Waals surface area contributed by atoms with Crippen LogP contribution in [0.5, 0.6) is 0 Å². The average Bonchev–Trinajstić information content (AvgIpc) is 2.57. The van der Waals surface area contributed by atoms with Gasteiger partial charge in [-0.3, -0.25) is 14.4 Å². The van der Waals surface area contributed by atoms with Crippen LogP contribution in [0.3, 0.4) is 0 Å². The Labute approximate surface area is 187 Å². The molecular formula is C18H28MgO10. The van der Waals surface area contributed by atoms with E-state index in [4.69, 9.17) is 19.7 Å². The second-order valence-corrected chi connectivity index (χ2v) is 6.18. The Hall–Kier alpha value is -2.40. The summed E-state index contributed by atoms with van der Waals surface area (Å²) < 4.78 is 9.70. The maximum Gasteiger partial charge on any atom is 2.00 e. The predicted octanol–water partition coefficient (Wildman–Crippen LogP) is 1.49.